The molecule has 1 rings (SSSR count). The van der Waals surface area contributed by atoms with E-state index in [-0.39, 0.29) is 5.56 Å². The molecule has 0 saturated heterocycles. The van der Waals surface area contributed by atoms with Crippen LogP contribution in [0.1, 0.15) is 5.56 Å². The molecule has 0 bridgehead atoms. The summed E-state index contributed by atoms with van der Waals surface area (Å²) in [6.45, 7) is 4.53. The van der Waals surface area contributed by atoms with Gasteiger partial charge in [0.1, 0.15) is 0 Å². The third-order valence-corrected chi connectivity index (χ3v) is 3.04. The Morgan fingerprint density at radius 1 is 1.60 bits per heavy atom. The molecule has 0 saturated carbocycles. The van der Waals surface area contributed by atoms with Crippen LogP contribution in [0.5, 0.6) is 0 Å². The first-order valence-corrected chi connectivity index (χ1v) is 5.42. The molecular weight excluding hydrogens is 220 g/mol. The van der Waals surface area contributed by atoms with Crippen molar-refractivity contribution in [1.82, 2.24) is 4.98 Å². The largest absolute Gasteiger partial charge is 0.309 e. The molecule has 0 fully saturated rings. The lowest BCUT2D eigenvalue weighted by Crippen LogP contribution is -2.05. The Hall–Kier alpha value is -1.76. The van der Waals surface area contributed by atoms with Gasteiger partial charge in [-0.15, -0.1) is 0 Å². The molecule has 0 atom stereocenters. The number of hydrogen-bond acceptors (Lipinski definition) is 5. The van der Waals surface area contributed by atoms with Crippen LogP contribution in [-0.2, 0) is 9.84 Å². The molecule has 0 spiro atoms. The molecule has 6 nitrogen and oxygen atoms in total. The normalized spacial score (nSPS) is 11.0. The number of nitro groups is 1. The Bertz CT molecular complexity index is 521. The first kappa shape index (κ1) is 11.3. The van der Waals surface area contributed by atoms with Gasteiger partial charge in [0.2, 0.25) is 14.9 Å². The summed E-state index contributed by atoms with van der Waals surface area (Å²) in [6, 6.07) is 1.38. The summed E-state index contributed by atoms with van der Waals surface area (Å²) in [5, 5.41) is 10.7. The van der Waals surface area contributed by atoms with Gasteiger partial charge in [0.25, 0.3) is 0 Å². The summed E-state index contributed by atoms with van der Waals surface area (Å²) in [5.41, 5.74) is -0.257. The van der Waals surface area contributed by atoms with Crippen LogP contribution < -0.4 is 0 Å². The zero-order valence-corrected chi connectivity index (χ0v) is 8.69. The number of nitrogens with zero attached hydrogens (tertiary/aromatic N) is 2. The quantitative estimate of drug-likeness (QED) is 0.573. The van der Waals surface area contributed by atoms with Gasteiger partial charge in [-0.2, -0.15) is 0 Å². The summed E-state index contributed by atoms with van der Waals surface area (Å²) in [4.78, 5) is 13.4. The van der Waals surface area contributed by atoms with Crippen LogP contribution in [0.25, 0.3) is 0 Å². The zero-order chi connectivity index (χ0) is 11.6. The van der Waals surface area contributed by atoms with E-state index in [4.69, 9.17) is 0 Å². The molecular formula is C8H8N2O4S. The molecule has 15 heavy (non-hydrogen) atoms. The molecule has 0 aliphatic carbocycles. The van der Waals surface area contributed by atoms with Gasteiger partial charge in [0.05, 0.1) is 4.92 Å². The monoisotopic (exact) mass is 228 g/mol. The van der Waals surface area contributed by atoms with Crippen LogP contribution in [-0.4, -0.2) is 18.3 Å². The average molecular weight is 228 g/mol. The van der Waals surface area contributed by atoms with Crippen molar-refractivity contribution >= 4 is 15.5 Å². The number of aromatic nitrogens is 1. The van der Waals surface area contributed by atoms with Crippen molar-refractivity contribution in [3.8, 4) is 0 Å². The lowest BCUT2D eigenvalue weighted by molar-refractivity contribution is -0.388. The maximum atomic E-state index is 11.4. The van der Waals surface area contributed by atoms with Crippen molar-refractivity contribution in [2.24, 2.45) is 0 Å². The highest BCUT2D eigenvalue weighted by Crippen LogP contribution is 2.25. The van der Waals surface area contributed by atoms with Crippen LogP contribution in [0.3, 0.4) is 0 Å². The molecule has 0 aromatic carbocycles. The highest BCUT2D eigenvalue weighted by atomic mass is 32.2. The second-order valence-corrected chi connectivity index (χ2v) is 4.56. The lowest BCUT2D eigenvalue weighted by atomic mass is 10.3. The minimum atomic E-state index is -3.89. The van der Waals surface area contributed by atoms with E-state index in [0.29, 0.717) is 5.41 Å². The van der Waals surface area contributed by atoms with Crippen molar-refractivity contribution in [3.05, 3.63) is 39.9 Å². The van der Waals surface area contributed by atoms with Crippen molar-refractivity contribution in [2.75, 3.05) is 0 Å². The van der Waals surface area contributed by atoms with E-state index in [0.717, 1.165) is 0 Å². The van der Waals surface area contributed by atoms with Gasteiger partial charge in [-0.25, -0.2) is 13.4 Å². The molecule has 0 unspecified atom stereocenters. The second-order valence-electron chi connectivity index (χ2n) is 2.75. The fourth-order valence-corrected chi connectivity index (χ4v) is 1.91. The average Bonchev–Trinajstić information content (AvgIpc) is 2.16. The summed E-state index contributed by atoms with van der Waals surface area (Å²) >= 11 is 0. The molecule has 0 radical (unpaired) electrons. The van der Waals surface area contributed by atoms with E-state index in [1.165, 1.54) is 19.2 Å². The third kappa shape index (κ3) is 2.01. The topological polar surface area (TPSA) is 90.2 Å². The first-order chi connectivity index (χ1) is 6.90. The number of aryl methyl sites for hydroxylation is 1. The zero-order valence-electron chi connectivity index (χ0n) is 7.87. The molecule has 0 N–H and O–H groups in total. The third-order valence-electron chi connectivity index (χ3n) is 1.76. The van der Waals surface area contributed by atoms with E-state index in [9.17, 15) is 18.5 Å². The van der Waals surface area contributed by atoms with Crippen molar-refractivity contribution in [2.45, 2.75) is 11.9 Å². The summed E-state index contributed by atoms with van der Waals surface area (Å²) < 4.78 is 22.8. The second kappa shape index (κ2) is 3.77. The Morgan fingerprint density at radius 3 is 2.67 bits per heavy atom. The van der Waals surface area contributed by atoms with Crippen LogP contribution >= 0.6 is 0 Å². The Labute approximate surface area is 86.3 Å². The van der Waals surface area contributed by atoms with Crippen molar-refractivity contribution in [1.29, 1.82) is 0 Å². The van der Waals surface area contributed by atoms with Crippen molar-refractivity contribution in [3.63, 3.8) is 0 Å². The van der Waals surface area contributed by atoms with Gasteiger partial charge >= 0.3 is 5.69 Å². The fourth-order valence-electron chi connectivity index (χ4n) is 1.03. The smallest absolute Gasteiger partial charge is 0.258 e. The van der Waals surface area contributed by atoms with Gasteiger partial charge in [-0.05, 0) is 13.0 Å². The SMILES string of the molecule is C=CS(=O)(=O)c1nccc(C)c1[N+](=O)[O-]. The molecule has 7 heteroatoms. The number of hydrogen-bond donors (Lipinski definition) is 0. The maximum absolute atomic E-state index is 11.4. The predicted octanol–water partition coefficient (Wildman–Crippen LogP) is 1.22. The predicted molar refractivity (Wildman–Crippen MR) is 53.0 cm³/mol. The van der Waals surface area contributed by atoms with Crippen molar-refractivity contribution < 1.29 is 13.3 Å². The molecule has 1 aromatic rings. The van der Waals surface area contributed by atoms with E-state index < -0.39 is 25.5 Å². The van der Waals surface area contributed by atoms with Crippen LogP contribution in [0.2, 0.25) is 0 Å². The van der Waals surface area contributed by atoms with Gasteiger partial charge in [0, 0.05) is 17.2 Å². The molecule has 80 valence electrons. The van der Waals surface area contributed by atoms with Gasteiger partial charge < -0.3 is 0 Å². The van der Waals surface area contributed by atoms with E-state index in [1.54, 1.807) is 0 Å². The Balaban J connectivity index is 3.64. The molecule has 0 aliphatic heterocycles. The maximum Gasteiger partial charge on any atom is 0.309 e. The van der Waals surface area contributed by atoms with Crippen LogP contribution in [0.15, 0.2) is 29.3 Å². The first-order valence-electron chi connectivity index (χ1n) is 3.87. The number of sulfone groups is 1. The van der Waals surface area contributed by atoms with Crippen LogP contribution in [0.4, 0.5) is 5.69 Å². The molecule has 1 aromatic heterocycles. The summed E-state index contributed by atoms with van der Waals surface area (Å²) in [6.07, 6.45) is 1.21. The molecule has 0 amide bonds. The molecule has 1 heterocycles. The number of rotatable bonds is 3. The van der Waals surface area contributed by atoms with Gasteiger partial charge in [0.15, 0.2) is 0 Å². The minimum absolute atomic E-state index is 0.246. The number of pyridine rings is 1. The molecule has 0 aliphatic rings. The summed E-state index contributed by atoms with van der Waals surface area (Å²) in [7, 11) is -3.89. The van der Waals surface area contributed by atoms with Gasteiger partial charge in [-0.3, -0.25) is 10.1 Å². The lowest BCUT2D eigenvalue weighted by Gasteiger charge is -2.01. The highest BCUT2D eigenvalue weighted by molar-refractivity contribution is 7.94. The van der Waals surface area contributed by atoms with E-state index in [2.05, 4.69) is 11.6 Å². The Kier molecular flexibility index (Phi) is 2.85. The fraction of sp³-hybridized carbons (Fsp3) is 0.125. The standard InChI is InChI=1S/C8H8N2O4S/c1-3-15(13,14)8-7(10(11)12)6(2)4-5-9-8/h3-5H,1H2,2H3. The highest BCUT2D eigenvalue weighted by Gasteiger charge is 2.26. The van der Waals surface area contributed by atoms with E-state index in [1.807, 2.05) is 0 Å². The van der Waals surface area contributed by atoms with Crippen LogP contribution in [0, 0.1) is 17.0 Å². The Morgan fingerprint density at radius 2 is 2.20 bits per heavy atom. The summed E-state index contributed by atoms with van der Waals surface area (Å²) in [5.74, 6) is 0. The minimum Gasteiger partial charge on any atom is -0.258 e. The van der Waals surface area contributed by atoms with Gasteiger partial charge in [-0.1, -0.05) is 6.58 Å². The van der Waals surface area contributed by atoms with E-state index >= 15 is 0 Å².